The maximum atomic E-state index is 2.80. The summed E-state index contributed by atoms with van der Waals surface area (Å²) in [5, 5.41) is 0. The van der Waals surface area contributed by atoms with Gasteiger partial charge in [0.05, 0.1) is 0 Å². The van der Waals surface area contributed by atoms with E-state index in [1.807, 2.05) is 0 Å². The van der Waals surface area contributed by atoms with Gasteiger partial charge in [0, 0.05) is 0 Å². The summed E-state index contributed by atoms with van der Waals surface area (Å²) in [5.41, 5.74) is 21.0. The second-order valence-electron chi connectivity index (χ2n) is 16.4. The molecule has 0 radical (unpaired) electrons. The summed E-state index contributed by atoms with van der Waals surface area (Å²) in [6.45, 7) is 18.9. The van der Waals surface area contributed by atoms with E-state index in [9.17, 15) is 0 Å². The summed E-state index contributed by atoms with van der Waals surface area (Å²) >= 11 is -3.18. The number of hydrogen-bond donors (Lipinski definition) is 0. The fourth-order valence-electron chi connectivity index (χ4n) is 10.0. The molecule has 7 rings (SSSR count). The van der Waals surface area contributed by atoms with Gasteiger partial charge in [0.2, 0.25) is 0 Å². The third-order valence-electron chi connectivity index (χ3n) is 11.6. The minimum atomic E-state index is -3.18. The molecular weight excluding hydrogens is 719 g/mol. The van der Waals surface area contributed by atoms with Gasteiger partial charge in [-0.25, -0.2) is 0 Å². The molecule has 0 spiro atoms. The average Bonchev–Trinajstić information content (AvgIpc) is 3.60. The average molecular weight is 771 g/mol. The van der Waals surface area contributed by atoms with Crippen LogP contribution in [0, 0.1) is 44.9 Å². The fourth-order valence-corrected chi connectivity index (χ4v) is 27.1. The van der Waals surface area contributed by atoms with Gasteiger partial charge in [-0.2, -0.15) is 0 Å². The summed E-state index contributed by atoms with van der Waals surface area (Å²) in [7, 11) is 0. The quantitative estimate of drug-likeness (QED) is 0.171. The number of fused-ring (bicyclic) bond motifs is 6. The van der Waals surface area contributed by atoms with E-state index in [0.717, 1.165) is 0 Å². The van der Waals surface area contributed by atoms with E-state index in [0.29, 0.717) is 19.2 Å². The van der Waals surface area contributed by atoms with Crippen molar-refractivity contribution in [2.75, 3.05) is 0 Å². The van der Waals surface area contributed by atoms with Crippen LogP contribution in [0.5, 0.6) is 0 Å². The Bertz CT molecular complexity index is 1790. The standard InChI is InChI=1S/C43H46.2CH3.Hf/c1-27(2)25-43(26-28(3)4,35-21-33-11-9-13-37(41(33)23-35)39-19-29(5)15-17-31(39)7)36-22-34-12-10-14-38(42(34)24-36)40-20-30(6)16-18-32(40)8;;;/h9-24,27-28H,25-26H2,1-8H3;2*1H3;. The van der Waals surface area contributed by atoms with E-state index in [-0.39, 0.29) is 5.41 Å². The van der Waals surface area contributed by atoms with Crippen LogP contribution in [-0.4, -0.2) is 0 Å². The maximum absolute atomic E-state index is 3.18. The Labute approximate surface area is 283 Å². The van der Waals surface area contributed by atoms with Crippen LogP contribution in [0.25, 0.3) is 34.4 Å². The number of allylic oxidation sites excluding steroid dienone is 2. The number of aryl methyl sites for hydroxylation is 4. The monoisotopic (exact) mass is 772 g/mol. The molecule has 0 nitrogen and oxygen atoms in total. The molecule has 46 heavy (non-hydrogen) atoms. The molecule has 3 aliphatic rings. The van der Waals surface area contributed by atoms with Crippen LogP contribution < -0.4 is 0 Å². The van der Waals surface area contributed by atoms with Crippen LogP contribution in [0.3, 0.4) is 0 Å². The van der Waals surface area contributed by atoms with Crippen molar-refractivity contribution < 1.29 is 20.0 Å². The van der Waals surface area contributed by atoms with Gasteiger partial charge in [0.1, 0.15) is 0 Å². The van der Waals surface area contributed by atoms with Crippen molar-refractivity contribution in [2.45, 2.75) is 84.9 Å². The second-order valence-corrected chi connectivity index (χ2v) is 33.7. The van der Waals surface area contributed by atoms with Gasteiger partial charge >= 0.3 is 285 Å². The molecule has 0 aromatic heterocycles. The molecule has 0 N–H and O–H groups in total. The molecule has 1 heterocycles. The molecule has 0 bridgehead atoms. The molecule has 1 heteroatoms. The Morgan fingerprint density at radius 3 is 1.37 bits per heavy atom. The van der Waals surface area contributed by atoms with Gasteiger partial charge in [0.15, 0.2) is 0 Å². The third-order valence-corrected chi connectivity index (χ3v) is 26.8. The zero-order valence-corrected chi connectivity index (χ0v) is 33.4. The van der Waals surface area contributed by atoms with Crippen LogP contribution in [0.15, 0.2) is 83.9 Å². The SMILES string of the molecule is Cc1ccc(C)c(-c2cccc3c2C=C2[CH]3[Hf]([CH3])([CH3])[CH]3C(=Cc4c(-c5cc(C)ccc5C)cccc43)C2(CC(C)C)CC(C)C)c1. The number of rotatable bonds is 6. The molecule has 4 aromatic rings. The molecule has 0 amide bonds. The van der Waals surface area contributed by atoms with Crippen molar-refractivity contribution in [1.29, 1.82) is 0 Å². The third kappa shape index (κ3) is 4.86. The van der Waals surface area contributed by atoms with Crippen molar-refractivity contribution in [2.24, 2.45) is 17.3 Å². The van der Waals surface area contributed by atoms with E-state index < -0.39 is 20.0 Å². The minimum absolute atomic E-state index is 0.0725. The van der Waals surface area contributed by atoms with Gasteiger partial charge in [0.25, 0.3) is 0 Å². The Balaban J connectivity index is 1.53. The molecule has 2 aliphatic carbocycles. The van der Waals surface area contributed by atoms with Gasteiger partial charge in [-0.3, -0.25) is 0 Å². The van der Waals surface area contributed by atoms with Gasteiger partial charge in [-0.15, -0.1) is 0 Å². The molecule has 2 unspecified atom stereocenters. The van der Waals surface area contributed by atoms with Gasteiger partial charge in [-0.05, 0) is 0 Å². The fraction of sp³-hybridized carbons (Fsp3) is 0.378. The van der Waals surface area contributed by atoms with Crippen molar-refractivity contribution in [3.8, 4) is 22.3 Å². The molecule has 1 saturated heterocycles. The van der Waals surface area contributed by atoms with Crippen LogP contribution in [0.4, 0.5) is 0 Å². The Morgan fingerprint density at radius 1 is 0.565 bits per heavy atom. The predicted octanol–water partition coefficient (Wildman–Crippen LogP) is 13.2. The topological polar surface area (TPSA) is 0 Å². The van der Waals surface area contributed by atoms with E-state index in [4.69, 9.17) is 0 Å². The van der Waals surface area contributed by atoms with Crippen molar-refractivity contribution in [3.05, 3.63) is 128 Å². The first-order chi connectivity index (χ1) is 21.8. The first-order valence-electron chi connectivity index (χ1n) is 17.7. The van der Waals surface area contributed by atoms with Crippen molar-refractivity contribution >= 4 is 12.2 Å². The van der Waals surface area contributed by atoms with E-state index in [1.54, 1.807) is 22.3 Å². The second kappa shape index (κ2) is 11.4. The van der Waals surface area contributed by atoms with Crippen molar-refractivity contribution in [1.82, 2.24) is 0 Å². The van der Waals surface area contributed by atoms with Crippen LogP contribution in [-0.2, 0) is 20.0 Å². The number of hydrogen-bond acceptors (Lipinski definition) is 0. The summed E-state index contributed by atoms with van der Waals surface area (Å²) < 4.78 is 6.81. The molecule has 2 atom stereocenters. The summed E-state index contributed by atoms with van der Waals surface area (Å²) in [4.78, 5) is 0. The Hall–Kier alpha value is -2.77. The summed E-state index contributed by atoms with van der Waals surface area (Å²) in [6.07, 6.45) is 7.93. The zero-order valence-electron chi connectivity index (χ0n) is 29.8. The molecule has 236 valence electrons. The molecule has 4 aromatic carbocycles. The van der Waals surface area contributed by atoms with E-state index >= 15 is 0 Å². The summed E-state index contributed by atoms with van der Waals surface area (Å²) in [6, 6.07) is 28.6. The van der Waals surface area contributed by atoms with E-state index in [1.165, 1.54) is 68.5 Å². The Morgan fingerprint density at radius 2 is 0.978 bits per heavy atom. The normalized spacial score (nSPS) is 20.3. The van der Waals surface area contributed by atoms with Gasteiger partial charge in [-0.1, -0.05) is 0 Å². The van der Waals surface area contributed by atoms with Gasteiger partial charge < -0.3 is 0 Å². The van der Waals surface area contributed by atoms with Crippen LogP contribution >= 0.6 is 0 Å². The van der Waals surface area contributed by atoms with Crippen molar-refractivity contribution in [3.63, 3.8) is 0 Å². The first kappa shape index (κ1) is 31.8. The van der Waals surface area contributed by atoms with Crippen LogP contribution in [0.2, 0.25) is 9.36 Å². The molecule has 1 aliphatic heterocycles. The predicted molar refractivity (Wildman–Crippen MR) is 197 cm³/mol. The van der Waals surface area contributed by atoms with Crippen LogP contribution in [0.1, 0.15) is 92.4 Å². The molecular formula is C45H52Hf. The molecule has 1 fully saturated rings. The zero-order chi connectivity index (χ0) is 32.7. The Kier molecular flexibility index (Phi) is 7.91. The number of benzene rings is 4. The van der Waals surface area contributed by atoms with E-state index in [2.05, 4.69) is 150 Å². The first-order valence-corrected chi connectivity index (χ1v) is 29.0. The summed E-state index contributed by atoms with van der Waals surface area (Å²) in [5.74, 6) is 1.23. The molecule has 0 saturated carbocycles.